The molecule has 158 valence electrons. The Morgan fingerprint density at radius 2 is 1.89 bits per heavy atom. The van der Waals surface area contributed by atoms with Gasteiger partial charge < -0.3 is 5.32 Å². The van der Waals surface area contributed by atoms with E-state index in [2.05, 4.69) is 10.0 Å². The molecular formula is C19H31N3O4S2. The largest absolute Gasteiger partial charge is 0.385 e. The molecule has 0 unspecified atom stereocenters. The number of anilines is 2. The second-order valence-corrected chi connectivity index (χ2v) is 12.4. The molecule has 0 amide bonds. The number of rotatable bonds is 7. The van der Waals surface area contributed by atoms with E-state index in [1.54, 1.807) is 13.8 Å². The minimum atomic E-state index is -3.21. The van der Waals surface area contributed by atoms with Crippen LogP contribution < -0.4 is 14.3 Å². The second-order valence-electron chi connectivity index (χ2n) is 8.10. The summed E-state index contributed by atoms with van der Waals surface area (Å²) in [6, 6.07) is 7.59. The Kier molecular flexibility index (Phi) is 6.56. The van der Waals surface area contributed by atoms with Crippen molar-refractivity contribution in [2.45, 2.75) is 57.2 Å². The van der Waals surface area contributed by atoms with Gasteiger partial charge in [0.05, 0.1) is 16.7 Å². The standard InChI is InChI=1S/C19H31N3O4S2/c1-15(2)28(25,26)21-17-9-7-16(8-10-17)14-20-18-5-3-6-19(13-18)22-11-4-12-27(22,23)24/h3,5-6,13,15-17,20-21H,4,7-12,14H2,1-2H3. The van der Waals surface area contributed by atoms with E-state index >= 15 is 0 Å². The van der Waals surface area contributed by atoms with Gasteiger partial charge in [0.25, 0.3) is 0 Å². The molecule has 1 aromatic rings. The Morgan fingerprint density at radius 3 is 2.50 bits per heavy atom. The van der Waals surface area contributed by atoms with Crippen LogP contribution in [0.15, 0.2) is 24.3 Å². The van der Waals surface area contributed by atoms with Gasteiger partial charge in [-0.1, -0.05) is 6.07 Å². The van der Waals surface area contributed by atoms with Gasteiger partial charge in [0, 0.05) is 24.8 Å². The van der Waals surface area contributed by atoms with E-state index in [-0.39, 0.29) is 11.8 Å². The molecule has 1 aromatic carbocycles. The van der Waals surface area contributed by atoms with Crippen molar-refractivity contribution < 1.29 is 16.8 Å². The van der Waals surface area contributed by atoms with E-state index in [4.69, 9.17) is 0 Å². The number of nitrogens with one attached hydrogen (secondary N) is 2. The molecule has 1 saturated carbocycles. The number of nitrogens with zero attached hydrogens (tertiary/aromatic N) is 1. The molecule has 2 fully saturated rings. The summed E-state index contributed by atoms with van der Waals surface area (Å²) in [6.07, 6.45) is 4.31. The molecule has 9 heteroatoms. The van der Waals surface area contributed by atoms with Crippen LogP contribution in [0.5, 0.6) is 0 Å². The molecule has 1 saturated heterocycles. The topological polar surface area (TPSA) is 95.6 Å². The lowest BCUT2D eigenvalue weighted by Gasteiger charge is -2.30. The summed E-state index contributed by atoms with van der Waals surface area (Å²) in [5.41, 5.74) is 1.64. The van der Waals surface area contributed by atoms with Crippen LogP contribution in [0.1, 0.15) is 46.0 Å². The molecule has 2 aliphatic rings. The van der Waals surface area contributed by atoms with Crippen molar-refractivity contribution in [3.05, 3.63) is 24.3 Å². The van der Waals surface area contributed by atoms with Crippen molar-refractivity contribution >= 4 is 31.4 Å². The van der Waals surface area contributed by atoms with Crippen molar-refractivity contribution in [2.75, 3.05) is 28.5 Å². The molecule has 0 radical (unpaired) electrons. The van der Waals surface area contributed by atoms with Gasteiger partial charge in [0.15, 0.2) is 0 Å². The third-order valence-electron chi connectivity index (χ3n) is 5.63. The van der Waals surface area contributed by atoms with Gasteiger partial charge in [0.2, 0.25) is 20.0 Å². The van der Waals surface area contributed by atoms with Gasteiger partial charge in [-0.3, -0.25) is 4.31 Å². The van der Waals surface area contributed by atoms with Crippen molar-refractivity contribution in [3.63, 3.8) is 0 Å². The highest BCUT2D eigenvalue weighted by molar-refractivity contribution is 7.93. The van der Waals surface area contributed by atoms with Crippen molar-refractivity contribution in [2.24, 2.45) is 5.92 Å². The van der Waals surface area contributed by atoms with Gasteiger partial charge in [0.1, 0.15) is 0 Å². The van der Waals surface area contributed by atoms with Crippen molar-refractivity contribution in [1.29, 1.82) is 0 Å². The van der Waals surface area contributed by atoms with Crippen molar-refractivity contribution in [3.8, 4) is 0 Å². The van der Waals surface area contributed by atoms with E-state index in [0.29, 0.717) is 24.6 Å². The fraction of sp³-hybridized carbons (Fsp3) is 0.684. The van der Waals surface area contributed by atoms with Gasteiger partial charge in [-0.2, -0.15) is 0 Å². The zero-order chi connectivity index (χ0) is 20.4. The average Bonchev–Trinajstić information content (AvgIpc) is 3.00. The van der Waals surface area contributed by atoms with E-state index in [1.165, 1.54) is 4.31 Å². The minimum Gasteiger partial charge on any atom is -0.385 e. The molecule has 1 aliphatic heterocycles. The van der Waals surface area contributed by atoms with Crippen molar-refractivity contribution in [1.82, 2.24) is 4.72 Å². The third-order valence-corrected chi connectivity index (χ3v) is 9.40. The summed E-state index contributed by atoms with van der Waals surface area (Å²) in [5.74, 6) is 0.702. The molecule has 0 bridgehead atoms. The zero-order valence-electron chi connectivity index (χ0n) is 16.6. The number of hydrogen-bond acceptors (Lipinski definition) is 5. The summed E-state index contributed by atoms with van der Waals surface area (Å²) < 4.78 is 52.5. The van der Waals surface area contributed by atoms with Crippen LogP contribution >= 0.6 is 0 Å². The van der Waals surface area contributed by atoms with E-state index in [9.17, 15) is 16.8 Å². The second kappa shape index (κ2) is 8.59. The zero-order valence-corrected chi connectivity index (χ0v) is 18.2. The van der Waals surface area contributed by atoms with Crippen LogP contribution in [-0.2, 0) is 20.0 Å². The van der Waals surface area contributed by atoms with E-state index in [0.717, 1.165) is 37.9 Å². The van der Waals surface area contributed by atoms with Crippen LogP contribution in [-0.4, -0.2) is 47.0 Å². The highest BCUT2D eigenvalue weighted by Gasteiger charge is 2.29. The van der Waals surface area contributed by atoms with Crippen LogP contribution in [0.3, 0.4) is 0 Å². The van der Waals surface area contributed by atoms with Gasteiger partial charge >= 0.3 is 0 Å². The summed E-state index contributed by atoms with van der Waals surface area (Å²) in [5, 5.41) is 3.02. The van der Waals surface area contributed by atoms with E-state index in [1.807, 2.05) is 24.3 Å². The van der Waals surface area contributed by atoms with Gasteiger partial charge in [-0.15, -0.1) is 0 Å². The van der Waals surface area contributed by atoms with Gasteiger partial charge in [-0.25, -0.2) is 21.6 Å². The summed E-state index contributed by atoms with van der Waals surface area (Å²) in [4.78, 5) is 0. The first-order valence-electron chi connectivity index (χ1n) is 10.0. The molecule has 0 spiro atoms. The normalized spacial score (nSPS) is 25.2. The number of benzene rings is 1. The third kappa shape index (κ3) is 5.18. The molecule has 3 rings (SSSR count). The smallest absolute Gasteiger partial charge is 0.235 e. The van der Waals surface area contributed by atoms with Crippen LogP contribution in [0.2, 0.25) is 0 Å². The Balaban J connectivity index is 1.50. The quantitative estimate of drug-likeness (QED) is 0.694. The molecule has 28 heavy (non-hydrogen) atoms. The first kappa shape index (κ1) is 21.4. The monoisotopic (exact) mass is 429 g/mol. The fourth-order valence-corrected chi connectivity index (χ4v) is 6.34. The number of sulfonamides is 2. The molecule has 1 heterocycles. The van der Waals surface area contributed by atoms with Gasteiger partial charge in [-0.05, 0) is 70.1 Å². The number of hydrogen-bond donors (Lipinski definition) is 2. The first-order chi connectivity index (χ1) is 13.2. The lowest BCUT2D eigenvalue weighted by molar-refractivity contribution is 0.323. The summed E-state index contributed by atoms with van der Waals surface area (Å²) in [7, 11) is -6.38. The molecule has 0 aromatic heterocycles. The molecule has 2 N–H and O–H groups in total. The summed E-state index contributed by atoms with van der Waals surface area (Å²) in [6.45, 7) is 4.74. The maximum absolute atomic E-state index is 12.1. The predicted octanol–water partition coefficient (Wildman–Crippen LogP) is 2.53. The Morgan fingerprint density at radius 1 is 1.18 bits per heavy atom. The highest BCUT2D eigenvalue weighted by Crippen LogP contribution is 2.28. The molecule has 7 nitrogen and oxygen atoms in total. The average molecular weight is 430 g/mol. The van der Waals surface area contributed by atoms with E-state index < -0.39 is 25.3 Å². The summed E-state index contributed by atoms with van der Waals surface area (Å²) >= 11 is 0. The Labute approximate surface area is 169 Å². The SMILES string of the molecule is CC(C)S(=O)(=O)NC1CCC(CNc2cccc(N3CCCS3(=O)=O)c2)CC1. The maximum atomic E-state index is 12.1. The lowest BCUT2D eigenvalue weighted by atomic mass is 9.86. The molecular weight excluding hydrogens is 398 g/mol. The van der Waals surface area contributed by atoms with Crippen LogP contribution in [0, 0.1) is 5.92 Å². The molecule has 1 aliphatic carbocycles. The highest BCUT2D eigenvalue weighted by atomic mass is 32.2. The molecule has 0 atom stereocenters. The fourth-order valence-electron chi connectivity index (χ4n) is 3.82. The predicted molar refractivity (Wildman–Crippen MR) is 114 cm³/mol. The Hall–Kier alpha value is -1.32. The maximum Gasteiger partial charge on any atom is 0.235 e. The lowest BCUT2D eigenvalue weighted by Crippen LogP contribution is -2.41. The van der Waals surface area contributed by atoms with Crippen LogP contribution in [0.25, 0.3) is 0 Å². The first-order valence-corrected chi connectivity index (χ1v) is 13.2. The minimum absolute atomic E-state index is 0.0346. The van der Waals surface area contributed by atoms with Crippen LogP contribution in [0.4, 0.5) is 11.4 Å². The Bertz CT molecular complexity index is 876.